The van der Waals surface area contributed by atoms with Gasteiger partial charge in [0.2, 0.25) is 0 Å². The molecule has 2 fully saturated rings. The van der Waals surface area contributed by atoms with E-state index < -0.39 is 0 Å². The SMILES string of the molecule is CC1CCC(C)N(c2ccc(Cl)cc2CNC2CC2)C1. The van der Waals surface area contributed by atoms with E-state index in [1.54, 1.807) is 0 Å². The van der Waals surface area contributed by atoms with Gasteiger partial charge in [-0.1, -0.05) is 18.5 Å². The Hall–Kier alpha value is -0.730. The normalized spacial score (nSPS) is 26.9. The molecule has 1 heterocycles. The Kier molecular flexibility index (Phi) is 4.23. The summed E-state index contributed by atoms with van der Waals surface area (Å²) in [4.78, 5) is 2.58. The zero-order chi connectivity index (χ0) is 14.1. The highest BCUT2D eigenvalue weighted by atomic mass is 35.5. The third-order valence-electron chi connectivity index (χ3n) is 4.63. The van der Waals surface area contributed by atoms with Crippen molar-refractivity contribution in [1.29, 1.82) is 0 Å². The van der Waals surface area contributed by atoms with Gasteiger partial charge in [0, 0.05) is 35.9 Å². The number of piperidine rings is 1. The maximum absolute atomic E-state index is 6.21. The van der Waals surface area contributed by atoms with Gasteiger partial charge in [0.1, 0.15) is 0 Å². The Balaban J connectivity index is 1.82. The first-order chi connectivity index (χ1) is 9.63. The Morgan fingerprint density at radius 2 is 2.00 bits per heavy atom. The highest BCUT2D eigenvalue weighted by Crippen LogP contribution is 2.32. The topological polar surface area (TPSA) is 15.3 Å². The van der Waals surface area contributed by atoms with Crippen molar-refractivity contribution < 1.29 is 0 Å². The van der Waals surface area contributed by atoms with Gasteiger partial charge in [0.15, 0.2) is 0 Å². The van der Waals surface area contributed by atoms with Crippen LogP contribution >= 0.6 is 11.6 Å². The van der Waals surface area contributed by atoms with E-state index in [1.165, 1.54) is 43.5 Å². The zero-order valence-electron chi connectivity index (χ0n) is 12.5. The quantitative estimate of drug-likeness (QED) is 0.894. The summed E-state index contributed by atoms with van der Waals surface area (Å²) in [6.45, 7) is 6.81. The number of benzene rings is 1. The lowest BCUT2D eigenvalue weighted by Gasteiger charge is -2.39. The standard InChI is InChI=1S/C17H25ClN2/c1-12-3-4-13(2)20(11-12)17-8-5-15(18)9-14(17)10-19-16-6-7-16/h5,8-9,12-13,16,19H,3-4,6-7,10-11H2,1-2H3. The first-order valence-corrected chi connectivity index (χ1v) is 8.29. The first kappa shape index (κ1) is 14.2. The van der Waals surface area contributed by atoms with Crippen LogP contribution in [0.1, 0.15) is 45.1 Å². The molecule has 0 amide bonds. The molecular formula is C17H25ClN2. The average Bonchev–Trinajstić information content (AvgIpc) is 3.24. The van der Waals surface area contributed by atoms with Gasteiger partial charge >= 0.3 is 0 Å². The van der Waals surface area contributed by atoms with Gasteiger partial charge in [-0.05, 0) is 62.3 Å². The fourth-order valence-electron chi connectivity index (χ4n) is 3.14. The molecule has 110 valence electrons. The Labute approximate surface area is 127 Å². The van der Waals surface area contributed by atoms with E-state index in [9.17, 15) is 0 Å². The Morgan fingerprint density at radius 1 is 1.20 bits per heavy atom. The molecule has 1 N–H and O–H groups in total. The second-order valence-electron chi connectivity index (χ2n) is 6.61. The van der Waals surface area contributed by atoms with Crippen molar-refractivity contribution in [2.24, 2.45) is 5.92 Å². The highest BCUT2D eigenvalue weighted by Gasteiger charge is 2.26. The summed E-state index contributed by atoms with van der Waals surface area (Å²) in [5, 5.41) is 4.47. The molecule has 2 aliphatic rings. The summed E-state index contributed by atoms with van der Waals surface area (Å²) in [6, 6.07) is 7.74. The number of halogens is 1. The van der Waals surface area contributed by atoms with Gasteiger partial charge in [0.05, 0.1) is 0 Å². The Bertz CT molecular complexity index is 470. The van der Waals surface area contributed by atoms with Crippen molar-refractivity contribution in [3.63, 3.8) is 0 Å². The van der Waals surface area contributed by atoms with Crippen molar-refractivity contribution in [2.75, 3.05) is 11.4 Å². The summed E-state index contributed by atoms with van der Waals surface area (Å²) in [5.74, 6) is 0.783. The molecule has 1 saturated carbocycles. The number of hydrogen-bond donors (Lipinski definition) is 1. The predicted octanol–water partition coefficient (Wildman–Crippen LogP) is 4.22. The van der Waals surface area contributed by atoms with E-state index in [1.807, 2.05) is 6.07 Å². The molecule has 20 heavy (non-hydrogen) atoms. The summed E-state index contributed by atoms with van der Waals surface area (Å²) >= 11 is 6.21. The van der Waals surface area contributed by atoms with Gasteiger partial charge in [0.25, 0.3) is 0 Å². The van der Waals surface area contributed by atoms with Crippen molar-refractivity contribution >= 4 is 17.3 Å². The average molecular weight is 293 g/mol. The van der Waals surface area contributed by atoms with E-state index in [0.29, 0.717) is 6.04 Å². The van der Waals surface area contributed by atoms with E-state index in [0.717, 1.165) is 23.5 Å². The molecule has 1 aromatic rings. The van der Waals surface area contributed by atoms with E-state index in [-0.39, 0.29) is 0 Å². The van der Waals surface area contributed by atoms with Crippen molar-refractivity contribution in [3.8, 4) is 0 Å². The van der Waals surface area contributed by atoms with Crippen LogP contribution in [0, 0.1) is 5.92 Å². The third-order valence-corrected chi connectivity index (χ3v) is 4.86. The maximum Gasteiger partial charge on any atom is 0.0415 e. The van der Waals surface area contributed by atoms with Gasteiger partial charge < -0.3 is 10.2 Å². The lowest BCUT2D eigenvalue weighted by atomic mass is 9.93. The smallest absolute Gasteiger partial charge is 0.0415 e. The van der Waals surface area contributed by atoms with Crippen molar-refractivity contribution in [1.82, 2.24) is 5.32 Å². The van der Waals surface area contributed by atoms with Crippen LogP contribution in [0.3, 0.4) is 0 Å². The second-order valence-corrected chi connectivity index (χ2v) is 7.05. The minimum atomic E-state index is 0.632. The zero-order valence-corrected chi connectivity index (χ0v) is 13.3. The molecule has 1 aliphatic heterocycles. The molecule has 0 bridgehead atoms. The second kappa shape index (κ2) is 5.95. The molecule has 0 radical (unpaired) electrons. The molecule has 0 aromatic heterocycles. The molecule has 3 heteroatoms. The highest BCUT2D eigenvalue weighted by molar-refractivity contribution is 6.30. The summed E-state index contributed by atoms with van der Waals surface area (Å²) in [5.41, 5.74) is 2.73. The van der Waals surface area contributed by atoms with Crippen LogP contribution in [0.25, 0.3) is 0 Å². The van der Waals surface area contributed by atoms with Gasteiger partial charge in [-0.3, -0.25) is 0 Å². The van der Waals surface area contributed by atoms with Crippen LogP contribution in [-0.4, -0.2) is 18.6 Å². The van der Waals surface area contributed by atoms with Gasteiger partial charge in [-0.15, -0.1) is 0 Å². The van der Waals surface area contributed by atoms with E-state index >= 15 is 0 Å². The minimum Gasteiger partial charge on any atom is -0.368 e. The van der Waals surface area contributed by atoms with Gasteiger partial charge in [-0.25, -0.2) is 0 Å². The third kappa shape index (κ3) is 3.29. The summed E-state index contributed by atoms with van der Waals surface area (Å²) < 4.78 is 0. The Morgan fingerprint density at radius 3 is 2.75 bits per heavy atom. The predicted molar refractivity (Wildman–Crippen MR) is 86.5 cm³/mol. The van der Waals surface area contributed by atoms with Gasteiger partial charge in [-0.2, -0.15) is 0 Å². The first-order valence-electron chi connectivity index (χ1n) is 7.92. The van der Waals surface area contributed by atoms with E-state index in [2.05, 4.69) is 36.2 Å². The molecule has 1 saturated heterocycles. The summed E-state index contributed by atoms with van der Waals surface area (Å²) in [7, 11) is 0. The number of nitrogens with one attached hydrogen (secondary N) is 1. The molecule has 1 aliphatic carbocycles. The fourth-order valence-corrected chi connectivity index (χ4v) is 3.34. The van der Waals surface area contributed by atoms with Crippen LogP contribution in [0.2, 0.25) is 5.02 Å². The molecule has 2 unspecified atom stereocenters. The number of nitrogens with zero attached hydrogens (tertiary/aromatic N) is 1. The van der Waals surface area contributed by atoms with Crippen LogP contribution in [0.4, 0.5) is 5.69 Å². The van der Waals surface area contributed by atoms with E-state index in [4.69, 9.17) is 11.6 Å². The molecule has 0 spiro atoms. The summed E-state index contributed by atoms with van der Waals surface area (Å²) in [6.07, 6.45) is 5.29. The van der Waals surface area contributed by atoms with Crippen molar-refractivity contribution in [3.05, 3.63) is 28.8 Å². The minimum absolute atomic E-state index is 0.632. The van der Waals surface area contributed by atoms with Crippen LogP contribution in [0.15, 0.2) is 18.2 Å². The number of anilines is 1. The largest absolute Gasteiger partial charge is 0.368 e. The lowest BCUT2D eigenvalue weighted by molar-refractivity contribution is 0.389. The molecule has 2 atom stereocenters. The maximum atomic E-state index is 6.21. The van der Waals surface area contributed by atoms with Crippen molar-refractivity contribution in [2.45, 2.75) is 58.2 Å². The van der Waals surface area contributed by atoms with Crippen LogP contribution in [0.5, 0.6) is 0 Å². The number of hydrogen-bond acceptors (Lipinski definition) is 2. The molecule has 2 nitrogen and oxygen atoms in total. The van der Waals surface area contributed by atoms with Crippen LogP contribution < -0.4 is 10.2 Å². The van der Waals surface area contributed by atoms with Crippen LogP contribution in [-0.2, 0) is 6.54 Å². The molecule has 3 rings (SSSR count). The molecule has 1 aromatic carbocycles. The fraction of sp³-hybridized carbons (Fsp3) is 0.647. The molecular weight excluding hydrogens is 268 g/mol. The monoisotopic (exact) mass is 292 g/mol. The lowest BCUT2D eigenvalue weighted by Crippen LogP contribution is -2.41. The number of rotatable bonds is 4.